The van der Waals surface area contributed by atoms with E-state index in [1.165, 1.54) is 23.9 Å². The second-order valence-corrected chi connectivity index (χ2v) is 7.84. The summed E-state index contributed by atoms with van der Waals surface area (Å²) < 4.78 is 40.9. The normalized spacial score (nSPS) is 11.9. The number of hydrogen-bond donors (Lipinski definition) is 0. The first kappa shape index (κ1) is 19.8. The van der Waals surface area contributed by atoms with Gasteiger partial charge in [-0.25, -0.2) is 4.98 Å². The first-order valence-corrected chi connectivity index (χ1v) is 10.1. The SMILES string of the molecule is FC(F)(F)c1cccc(CSc2nc3ccncc3n2Cc2cccc(Cl)c2)c1. The Kier molecular flexibility index (Phi) is 5.52. The van der Waals surface area contributed by atoms with Crippen molar-refractivity contribution >= 4 is 34.4 Å². The van der Waals surface area contributed by atoms with Crippen molar-refractivity contribution in [1.82, 2.24) is 14.5 Å². The van der Waals surface area contributed by atoms with E-state index >= 15 is 0 Å². The average Bonchev–Trinajstić information content (AvgIpc) is 3.04. The number of thioether (sulfide) groups is 1. The standard InChI is InChI=1S/C21H15ClF3N3S/c22-17-6-2-3-14(10-17)12-28-19-11-26-8-7-18(19)27-20(28)29-13-15-4-1-5-16(9-15)21(23,24)25/h1-11H,12-13H2. The van der Waals surface area contributed by atoms with Gasteiger partial charge >= 0.3 is 6.18 Å². The van der Waals surface area contributed by atoms with E-state index in [4.69, 9.17) is 11.6 Å². The maximum atomic E-state index is 13.0. The third-order valence-corrected chi connectivity index (χ3v) is 5.65. The van der Waals surface area contributed by atoms with Crippen molar-refractivity contribution in [3.63, 3.8) is 0 Å². The lowest BCUT2D eigenvalue weighted by Gasteiger charge is -2.11. The van der Waals surface area contributed by atoms with Crippen molar-refractivity contribution in [2.75, 3.05) is 0 Å². The number of nitrogens with zero attached hydrogens (tertiary/aromatic N) is 3. The molecule has 8 heteroatoms. The number of rotatable bonds is 5. The largest absolute Gasteiger partial charge is 0.416 e. The number of fused-ring (bicyclic) bond motifs is 1. The third kappa shape index (κ3) is 4.57. The van der Waals surface area contributed by atoms with Crippen LogP contribution < -0.4 is 0 Å². The summed E-state index contributed by atoms with van der Waals surface area (Å²) in [6.45, 7) is 0.535. The van der Waals surface area contributed by atoms with Gasteiger partial charge in [0.15, 0.2) is 5.16 Å². The molecule has 0 aliphatic carbocycles. The number of hydrogen-bond acceptors (Lipinski definition) is 3. The van der Waals surface area contributed by atoms with Gasteiger partial charge in [-0.1, -0.05) is 53.7 Å². The molecule has 0 saturated heterocycles. The van der Waals surface area contributed by atoms with Crippen molar-refractivity contribution in [2.45, 2.75) is 23.6 Å². The highest BCUT2D eigenvalue weighted by Gasteiger charge is 2.30. The molecule has 0 bridgehead atoms. The third-order valence-electron chi connectivity index (χ3n) is 4.37. The van der Waals surface area contributed by atoms with E-state index in [0.717, 1.165) is 22.7 Å². The summed E-state index contributed by atoms with van der Waals surface area (Å²) in [4.78, 5) is 8.83. The summed E-state index contributed by atoms with van der Waals surface area (Å²) in [5, 5.41) is 1.36. The predicted octanol–water partition coefficient (Wildman–Crippen LogP) is 6.44. The second kappa shape index (κ2) is 8.08. The van der Waals surface area contributed by atoms with Gasteiger partial charge in [0.25, 0.3) is 0 Å². The lowest BCUT2D eigenvalue weighted by molar-refractivity contribution is -0.137. The Hall–Kier alpha value is -2.51. The zero-order valence-electron chi connectivity index (χ0n) is 15.0. The van der Waals surface area contributed by atoms with E-state index in [2.05, 4.69) is 9.97 Å². The topological polar surface area (TPSA) is 30.7 Å². The molecular weight excluding hydrogens is 419 g/mol. The van der Waals surface area contributed by atoms with Gasteiger partial charge < -0.3 is 4.57 Å². The van der Waals surface area contributed by atoms with E-state index in [0.29, 0.717) is 28.0 Å². The van der Waals surface area contributed by atoms with Gasteiger partial charge in [-0.2, -0.15) is 13.2 Å². The Morgan fingerprint density at radius 1 is 1.00 bits per heavy atom. The molecule has 0 fully saturated rings. The van der Waals surface area contributed by atoms with Gasteiger partial charge in [0, 0.05) is 17.0 Å². The molecule has 148 valence electrons. The summed E-state index contributed by atoms with van der Waals surface area (Å²) >= 11 is 7.49. The summed E-state index contributed by atoms with van der Waals surface area (Å²) in [5.41, 5.74) is 2.59. The summed E-state index contributed by atoms with van der Waals surface area (Å²) in [7, 11) is 0. The van der Waals surface area contributed by atoms with Gasteiger partial charge in [0.05, 0.1) is 29.3 Å². The minimum absolute atomic E-state index is 0.371. The maximum absolute atomic E-state index is 13.0. The number of benzene rings is 2. The van der Waals surface area contributed by atoms with Crippen molar-refractivity contribution in [3.05, 3.63) is 88.7 Å². The Labute approximate surface area is 174 Å². The first-order chi connectivity index (χ1) is 13.9. The molecule has 0 atom stereocenters. The molecular formula is C21H15ClF3N3S. The number of aromatic nitrogens is 3. The molecule has 0 radical (unpaired) electrons. The molecule has 0 spiro atoms. The van der Waals surface area contributed by atoms with Crippen LogP contribution in [0.5, 0.6) is 0 Å². The van der Waals surface area contributed by atoms with E-state index in [-0.39, 0.29) is 0 Å². The van der Waals surface area contributed by atoms with Gasteiger partial charge in [0.1, 0.15) is 0 Å². The van der Waals surface area contributed by atoms with Gasteiger partial charge in [0.2, 0.25) is 0 Å². The predicted molar refractivity (Wildman–Crippen MR) is 109 cm³/mol. The molecule has 0 N–H and O–H groups in total. The molecule has 0 amide bonds. The summed E-state index contributed by atoms with van der Waals surface area (Å²) in [5.74, 6) is 0.371. The van der Waals surface area contributed by atoms with E-state index in [9.17, 15) is 13.2 Å². The van der Waals surface area contributed by atoms with Crippen LogP contribution in [0.25, 0.3) is 11.0 Å². The number of halogens is 4. The minimum atomic E-state index is -4.36. The van der Waals surface area contributed by atoms with E-state index in [1.54, 1.807) is 18.5 Å². The van der Waals surface area contributed by atoms with Crippen molar-refractivity contribution < 1.29 is 13.2 Å². The minimum Gasteiger partial charge on any atom is -0.313 e. The molecule has 2 aromatic carbocycles. The molecule has 0 aliphatic rings. The van der Waals surface area contributed by atoms with Crippen molar-refractivity contribution in [3.8, 4) is 0 Å². The molecule has 29 heavy (non-hydrogen) atoms. The van der Waals surface area contributed by atoms with Crippen LogP contribution in [0.15, 0.2) is 72.1 Å². The van der Waals surface area contributed by atoms with Crippen molar-refractivity contribution in [1.29, 1.82) is 0 Å². The van der Waals surface area contributed by atoms with Gasteiger partial charge in [-0.05, 0) is 35.4 Å². The van der Waals surface area contributed by atoms with Crippen LogP contribution in [0.3, 0.4) is 0 Å². The Morgan fingerprint density at radius 2 is 1.79 bits per heavy atom. The lowest BCUT2D eigenvalue weighted by atomic mass is 10.1. The zero-order chi connectivity index (χ0) is 20.4. The Morgan fingerprint density at radius 3 is 2.59 bits per heavy atom. The van der Waals surface area contributed by atoms with Crippen LogP contribution >= 0.6 is 23.4 Å². The number of alkyl halides is 3. The summed E-state index contributed by atoms with van der Waals surface area (Å²) in [6, 6.07) is 14.7. The highest BCUT2D eigenvalue weighted by atomic mass is 35.5. The molecule has 4 rings (SSSR count). The molecule has 2 heterocycles. The lowest BCUT2D eigenvalue weighted by Crippen LogP contribution is -2.05. The van der Waals surface area contributed by atoms with Crippen LogP contribution in [0.1, 0.15) is 16.7 Å². The van der Waals surface area contributed by atoms with Crippen LogP contribution in [0.2, 0.25) is 5.02 Å². The molecule has 3 nitrogen and oxygen atoms in total. The fourth-order valence-electron chi connectivity index (χ4n) is 3.01. The van der Waals surface area contributed by atoms with Crippen LogP contribution in [0.4, 0.5) is 13.2 Å². The number of pyridine rings is 1. The fraction of sp³-hybridized carbons (Fsp3) is 0.143. The molecule has 2 aromatic heterocycles. The van der Waals surface area contributed by atoms with Gasteiger partial charge in [-0.15, -0.1) is 0 Å². The van der Waals surface area contributed by atoms with E-state index < -0.39 is 11.7 Å². The second-order valence-electron chi connectivity index (χ2n) is 6.46. The van der Waals surface area contributed by atoms with Crippen LogP contribution in [-0.4, -0.2) is 14.5 Å². The van der Waals surface area contributed by atoms with Crippen LogP contribution in [-0.2, 0) is 18.5 Å². The van der Waals surface area contributed by atoms with Crippen LogP contribution in [0, 0.1) is 0 Å². The Bertz CT molecular complexity index is 1160. The molecule has 0 unspecified atom stereocenters. The molecule has 0 aliphatic heterocycles. The highest BCUT2D eigenvalue weighted by molar-refractivity contribution is 7.98. The van der Waals surface area contributed by atoms with E-state index in [1.807, 2.05) is 34.9 Å². The quantitative estimate of drug-likeness (QED) is 0.339. The monoisotopic (exact) mass is 433 g/mol. The number of imidazole rings is 1. The maximum Gasteiger partial charge on any atom is 0.416 e. The van der Waals surface area contributed by atoms with Gasteiger partial charge in [-0.3, -0.25) is 4.98 Å². The van der Waals surface area contributed by atoms with Crippen molar-refractivity contribution in [2.24, 2.45) is 0 Å². The highest BCUT2D eigenvalue weighted by Crippen LogP contribution is 2.32. The Balaban J connectivity index is 1.64. The summed E-state index contributed by atoms with van der Waals surface area (Å²) in [6.07, 6.45) is -0.951. The molecule has 4 aromatic rings. The first-order valence-electron chi connectivity index (χ1n) is 8.74. The average molecular weight is 434 g/mol. The zero-order valence-corrected chi connectivity index (χ0v) is 16.6. The smallest absolute Gasteiger partial charge is 0.313 e. The molecule has 0 saturated carbocycles. The fourth-order valence-corrected chi connectivity index (χ4v) is 4.18.